The zero-order valence-corrected chi connectivity index (χ0v) is 19.2. The van der Waals surface area contributed by atoms with Gasteiger partial charge < -0.3 is 10.1 Å². The molecule has 0 radical (unpaired) electrons. The fourth-order valence-corrected chi connectivity index (χ4v) is 5.32. The van der Waals surface area contributed by atoms with Gasteiger partial charge in [-0.05, 0) is 80.6 Å². The number of amides is 1. The number of likely N-dealkylation sites (tertiary alicyclic amines) is 1. The standard InChI is InChI=1S/C24H31N3O4S/c1-31-22-9-5-19(6-10-22)17-27-13-11-18(12-14-27)16-25-24(28)20-3-2-4-23(15-20)32(29,30)26-21-7-8-21/h2-6,9-10,15,18,21,26H,7-8,11-14,16-17H2,1H3,(H,25,28). The molecule has 32 heavy (non-hydrogen) atoms. The molecule has 2 aromatic rings. The number of benzene rings is 2. The highest BCUT2D eigenvalue weighted by atomic mass is 32.2. The Labute approximate surface area is 190 Å². The van der Waals surface area contributed by atoms with Crippen LogP contribution in [0.25, 0.3) is 0 Å². The van der Waals surface area contributed by atoms with Gasteiger partial charge in [0.25, 0.3) is 5.91 Å². The predicted octanol–water partition coefficient (Wildman–Crippen LogP) is 2.78. The molecule has 7 nitrogen and oxygen atoms in total. The van der Waals surface area contributed by atoms with Crippen molar-refractivity contribution in [3.05, 3.63) is 59.7 Å². The molecule has 2 aliphatic rings. The second kappa shape index (κ2) is 10.0. The summed E-state index contributed by atoms with van der Waals surface area (Å²) in [5.74, 6) is 1.06. The van der Waals surface area contributed by atoms with Gasteiger partial charge in [-0.2, -0.15) is 0 Å². The second-order valence-electron chi connectivity index (χ2n) is 8.70. The van der Waals surface area contributed by atoms with Crippen LogP contribution in [0.3, 0.4) is 0 Å². The summed E-state index contributed by atoms with van der Waals surface area (Å²) in [7, 11) is -1.90. The Balaban J connectivity index is 1.24. The van der Waals surface area contributed by atoms with E-state index in [-0.39, 0.29) is 16.8 Å². The maximum atomic E-state index is 12.6. The van der Waals surface area contributed by atoms with E-state index in [0.717, 1.165) is 51.1 Å². The van der Waals surface area contributed by atoms with Crippen LogP contribution >= 0.6 is 0 Å². The van der Waals surface area contributed by atoms with Crippen LogP contribution in [0, 0.1) is 5.92 Å². The third-order valence-corrected chi connectivity index (χ3v) is 7.65. The molecule has 1 aliphatic carbocycles. The summed E-state index contributed by atoms with van der Waals surface area (Å²) < 4.78 is 32.7. The Morgan fingerprint density at radius 3 is 2.44 bits per heavy atom. The maximum Gasteiger partial charge on any atom is 0.251 e. The zero-order chi connectivity index (χ0) is 22.6. The van der Waals surface area contributed by atoms with Crippen molar-refractivity contribution < 1.29 is 17.9 Å². The van der Waals surface area contributed by atoms with Crippen LogP contribution in [0.1, 0.15) is 41.6 Å². The van der Waals surface area contributed by atoms with E-state index in [1.165, 1.54) is 17.7 Å². The van der Waals surface area contributed by atoms with Gasteiger partial charge in [0.05, 0.1) is 12.0 Å². The molecule has 0 unspecified atom stereocenters. The van der Waals surface area contributed by atoms with Crippen molar-refractivity contribution in [3.63, 3.8) is 0 Å². The van der Waals surface area contributed by atoms with Gasteiger partial charge in [0.15, 0.2) is 0 Å². The Bertz CT molecular complexity index is 1030. The Morgan fingerprint density at radius 2 is 1.78 bits per heavy atom. The molecule has 1 aliphatic heterocycles. The quantitative estimate of drug-likeness (QED) is 0.605. The summed E-state index contributed by atoms with van der Waals surface area (Å²) in [5.41, 5.74) is 1.64. The first-order chi connectivity index (χ1) is 15.4. The Kier molecular flexibility index (Phi) is 7.13. The molecule has 1 saturated heterocycles. The topological polar surface area (TPSA) is 87.7 Å². The van der Waals surface area contributed by atoms with Crippen molar-refractivity contribution in [2.24, 2.45) is 5.92 Å². The number of hydrogen-bond acceptors (Lipinski definition) is 5. The first kappa shape index (κ1) is 22.8. The van der Waals surface area contributed by atoms with Gasteiger partial charge >= 0.3 is 0 Å². The largest absolute Gasteiger partial charge is 0.497 e. The monoisotopic (exact) mass is 457 g/mol. The van der Waals surface area contributed by atoms with Crippen molar-refractivity contribution in [1.82, 2.24) is 14.9 Å². The highest BCUT2D eigenvalue weighted by Gasteiger charge is 2.28. The van der Waals surface area contributed by atoms with E-state index in [4.69, 9.17) is 4.74 Å². The van der Waals surface area contributed by atoms with Crippen molar-refractivity contribution in [3.8, 4) is 5.75 Å². The number of methoxy groups -OCH3 is 1. The van der Waals surface area contributed by atoms with Crippen LogP contribution in [0.2, 0.25) is 0 Å². The summed E-state index contributed by atoms with van der Waals surface area (Å²) in [6.07, 6.45) is 3.79. The molecule has 0 spiro atoms. The van der Waals surface area contributed by atoms with Crippen LogP contribution in [0.15, 0.2) is 53.4 Å². The van der Waals surface area contributed by atoms with E-state index in [9.17, 15) is 13.2 Å². The third-order valence-electron chi connectivity index (χ3n) is 6.13. The van der Waals surface area contributed by atoms with Crippen molar-refractivity contribution in [2.75, 3.05) is 26.7 Å². The lowest BCUT2D eigenvalue weighted by atomic mass is 9.96. The molecule has 1 heterocycles. The lowest BCUT2D eigenvalue weighted by Crippen LogP contribution is -2.38. The average molecular weight is 458 g/mol. The summed E-state index contributed by atoms with van der Waals surface area (Å²) in [6, 6.07) is 14.5. The summed E-state index contributed by atoms with van der Waals surface area (Å²) in [6.45, 7) is 3.51. The van der Waals surface area contributed by atoms with Crippen molar-refractivity contribution in [2.45, 2.75) is 43.2 Å². The maximum absolute atomic E-state index is 12.6. The molecule has 4 rings (SSSR count). The van der Waals surface area contributed by atoms with Crippen LogP contribution in [0.5, 0.6) is 5.75 Å². The number of piperidine rings is 1. The van der Waals surface area contributed by atoms with Crippen molar-refractivity contribution >= 4 is 15.9 Å². The van der Waals surface area contributed by atoms with Crippen LogP contribution in [-0.4, -0.2) is 52.0 Å². The Morgan fingerprint density at radius 1 is 1.06 bits per heavy atom. The molecule has 2 fully saturated rings. The van der Waals surface area contributed by atoms with Gasteiger partial charge in [-0.3, -0.25) is 9.69 Å². The number of sulfonamides is 1. The first-order valence-corrected chi connectivity index (χ1v) is 12.7. The molecule has 2 aromatic carbocycles. The lowest BCUT2D eigenvalue weighted by Gasteiger charge is -2.32. The van der Waals surface area contributed by atoms with Crippen LogP contribution in [-0.2, 0) is 16.6 Å². The lowest BCUT2D eigenvalue weighted by molar-refractivity contribution is 0.0935. The van der Waals surface area contributed by atoms with E-state index in [0.29, 0.717) is 18.0 Å². The predicted molar refractivity (Wildman–Crippen MR) is 123 cm³/mol. The second-order valence-corrected chi connectivity index (χ2v) is 10.4. The van der Waals surface area contributed by atoms with Crippen molar-refractivity contribution in [1.29, 1.82) is 0 Å². The number of carbonyl (C=O) groups excluding carboxylic acids is 1. The SMILES string of the molecule is COc1ccc(CN2CCC(CNC(=O)c3cccc(S(=O)(=O)NC4CC4)c3)CC2)cc1. The van der Waals surface area contributed by atoms with Gasteiger partial charge in [0, 0.05) is 24.7 Å². The molecule has 2 N–H and O–H groups in total. The number of nitrogens with zero attached hydrogens (tertiary/aromatic N) is 1. The van der Waals surface area contributed by atoms with E-state index < -0.39 is 10.0 Å². The van der Waals surface area contributed by atoms with E-state index in [1.54, 1.807) is 19.2 Å². The number of hydrogen-bond donors (Lipinski definition) is 2. The average Bonchev–Trinajstić information content (AvgIpc) is 3.62. The number of rotatable bonds is 9. The fourth-order valence-electron chi connectivity index (χ4n) is 3.97. The van der Waals surface area contributed by atoms with Gasteiger partial charge in [-0.15, -0.1) is 0 Å². The molecule has 1 amide bonds. The zero-order valence-electron chi connectivity index (χ0n) is 18.4. The fraction of sp³-hybridized carbons (Fsp3) is 0.458. The number of ether oxygens (including phenoxy) is 1. The number of nitrogens with one attached hydrogen (secondary N) is 2. The molecule has 0 bridgehead atoms. The van der Waals surface area contributed by atoms with Crippen LogP contribution < -0.4 is 14.8 Å². The summed E-state index contributed by atoms with van der Waals surface area (Å²) in [4.78, 5) is 15.2. The normalized spacial score (nSPS) is 17.8. The van der Waals surface area contributed by atoms with Gasteiger partial charge in [-0.25, -0.2) is 13.1 Å². The molecule has 172 valence electrons. The van der Waals surface area contributed by atoms with E-state index >= 15 is 0 Å². The smallest absolute Gasteiger partial charge is 0.251 e. The highest BCUT2D eigenvalue weighted by molar-refractivity contribution is 7.89. The molecule has 8 heteroatoms. The van der Waals surface area contributed by atoms with Gasteiger partial charge in [0.1, 0.15) is 5.75 Å². The minimum Gasteiger partial charge on any atom is -0.497 e. The summed E-state index contributed by atoms with van der Waals surface area (Å²) in [5, 5.41) is 2.99. The molecule has 1 saturated carbocycles. The number of carbonyl (C=O) groups is 1. The van der Waals surface area contributed by atoms with E-state index in [2.05, 4.69) is 27.1 Å². The molecule has 0 aromatic heterocycles. The van der Waals surface area contributed by atoms with Gasteiger partial charge in [-0.1, -0.05) is 18.2 Å². The third kappa shape index (κ3) is 6.09. The minimum absolute atomic E-state index is 0.0352. The minimum atomic E-state index is -3.57. The molecular formula is C24H31N3O4S. The van der Waals surface area contributed by atoms with Crippen LogP contribution in [0.4, 0.5) is 0 Å². The summed E-state index contributed by atoms with van der Waals surface area (Å²) >= 11 is 0. The highest BCUT2D eigenvalue weighted by Crippen LogP contribution is 2.23. The Hall–Kier alpha value is -2.42. The first-order valence-electron chi connectivity index (χ1n) is 11.2. The molecule has 0 atom stereocenters. The van der Waals surface area contributed by atoms with Gasteiger partial charge in [0.2, 0.25) is 10.0 Å². The molecular weight excluding hydrogens is 426 g/mol. The van der Waals surface area contributed by atoms with E-state index in [1.807, 2.05) is 12.1 Å².